The molecule has 5 nitrogen and oxygen atoms in total. The molecule has 3 rings (SSSR count). The molecule has 3 heterocycles. The lowest BCUT2D eigenvalue weighted by atomic mass is 9.79. The quantitative estimate of drug-likeness (QED) is 0.891. The number of nitrogens with one attached hydrogen (secondary N) is 2. The average molecular weight is 307 g/mol. The lowest BCUT2D eigenvalue weighted by Gasteiger charge is -2.32. The summed E-state index contributed by atoms with van der Waals surface area (Å²) in [6.07, 6.45) is 3.57. The number of hydrogen-bond acceptors (Lipinski definition) is 3. The largest absolute Gasteiger partial charge is 0.356 e. The Hall–Kier alpha value is -1.56. The van der Waals surface area contributed by atoms with Gasteiger partial charge in [0.15, 0.2) is 0 Å². The molecule has 1 aromatic heterocycles. The predicted octanol–water partition coefficient (Wildman–Crippen LogP) is 1.60. The highest BCUT2D eigenvalue weighted by Gasteiger charge is 2.46. The van der Waals surface area contributed by atoms with Gasteiger partial charge in [-0.3, -0.25) is 4.79 Å². The van der Waals surface area contributed by atoms with Crippen LogP contribution < -0.4 is 10.6 Å². The van der Waals surface area contributed by atoms with Gasteiger partial charge in [0.25, 0.3) is 0 Å². The highest BCUT2D eigenvalue weighted by Crippen LogP contribution is 2.37. The van der Waals surface area contributed by atoms with Crippen LogP contribution >= 0.6 is 11.3 Å². The first-order valence-electron chi connectivity index (χ1n) is 7.53. The summed E-state index contributed by atoms with van der Waals surface area (Å²) in [5, 5.41) is 7.95. The normalized spacial score (nSPS) is 25.1. The van der Waals surface area contributed by atoms with Gasteiger partial charge in [0.2, 0.25) is 5.91 Å². The molecule has 0 aromatic carbocycles. The van der Waals surface area contributed by atoms with E-state index in [1.54, 1.807) is 16.2 Å². The fourth-order valence-electron chi connectivity index (χ4n) is 3.22. The highest BCUT2D eigenvalue weighted by atomic mass is 32.1. The smallest absolute Gasteiger partial charge is 0.317 e. The molecule has 2 aliphatic rings. The second kappa shape index (κ2) is 6.05. The molecular weight excluding hydrogens is 286 g/mol. The van der Waals surface area contributed by atoms with E-state index in [0.717, 1.165) is 32.2 Å². The van der Waals surface area contributed by atoms with E-state index in [1.165, 1.54) is 4.88 Å². The predicted molar refractivity (Wildman–Crippen MR) is 82.3 cm³/mol. The van der Waals surface area contributed by atoms with Gasteiger partial charge in [-0.2, -0.15) is 0 Å². The van der Waals surface area contributed by atoms with Crippen molar-refractivity contribution in [2.45, 2.75) is 25.7 Å². The van der Waals surface area contributed by atoms with E-state index in [1.807, 2.05) is 11.4 Å². The molecule has 0 saturated carbocycles. The second-order valence-electron chi connectivity index (χ2n) is 5.87. The first-order valence-corrected chi connectivity index (χ1v) is 8.41. The standard InChI is InChI=1S/C15H21N3O2S/c19-13-15(5-2-7-16-13)6-9-18(11-15)14(20)17-8-4-12-3-1-10-21-12/h1,3,10H,2,4-9,11H2,(H,16,19)(H,17,20). The number of rotatable bonds is 3. The van der Waals surface area contributed by atoms with E-state index in [0.29, 0.717) is 19.6 Å². The Morgan fingerprint density at radius 1 is 1.48 bits per heavy atom. The summed E-state index contributed by atoms with van der Waals surface area (Å²) in [6, 6.07) is 4.06. The molecule has 1 aromatic rings. The maximum Gasteiger partial charge on any atom is 0.317 e. The van der Waals surface area contributed by atoms with Crippen LogP contribution in [0.4, 0.5) is 4.79 Å². The molecule has 114 valence electrons. The van der Waals surface area contributed by atoms with Gasteiger partial charge >= 0.3 is 6.03 Å². The van der Waals surface area contributed by atoms with Gasteiger partial charge in [0, 0.05) is 31.1 Å². The van der Waals surface area contributed by atoms with Crippen molar-refractivity contribution in [2.24, 2.45) is 5.41 Å². The zero-order valence-corrected chi connectivity index (χ0v) is 12.9. The molecule has 2 N–H and O–H groups in total. The van der Waals surface area contributed by atoms with Gasteiger partial charge in [0.1, 0.15) is 0 Å². The van der Waals surface area contributed by atoms with Gasteiger partial charge in [-0.05, 0) is 37.1 Å². The third-order valence-electron chi connectivity index (χ3n) is 4.47. The second-order valence-corrected chi connectivity index (χ2v) is 6.90. The van der Waals surface area contributed by atoms with Crippen LogP contribution in [0.15, 0.2) is 17.5 Å². The lowest BCUT2D eigenvalue weighted by Crippen LogP contribution is -2.49. The van der Waals surface area contributed by atoms with E-state index < -0.39 is 0 Å². The van der Waals surface area contributed by atoms with Crippen molar-refractivity contribution in [3.8, 4) is 0 Å². The average Bonchev–Trinajstić information content (AvgIpc) is 3.13. The molecule has 0 radical (unpaired) electrons. The lowest BCUT2D eigenvalue weighted by molar-refractivity contribution is -0.132. The maximum absolute atomic E-state index is 12.2. The molecule has 1 spiro atoms. The van der Waals surface area contributed by atoms with Crippen molar-refractivity contribution >= 4 is 23.3 Å². The summed E-state index contributed by atoms with van der Waals surface area (Å²) in [6.45, 7) is 2.66. The number of urea groups is 1. The first kappa shape index (κ1) is 14.4. The van der Waals surface area contributed by atoms with Gasteiger partial charge in [-0.1, -0.05) is 6.07 Å². The third-order valence-corrected chi connectivity index (χ3v) is 5.40. The number of hydrogen-bond donors (Lipinski definition) is 2. The molecule has 3 amide bonds. The van der Waals surface area contributed by atoms with E-state index in [-0.39, 0.29) is 17.4 Å². The van der Waals surface area contributed by atoms with E-state index >= 15 is 0 Å². The van der Waals surface area contributed by atoms with Crippen LogP contribution in [0.3, 0.4) is 0 Å². The zero-order chi connectivity index (χ0) is 14.7. The highest BCUT2D eigenvalue weighted by molar-refractivity contribution is 7.09. The van der Waals surface area contributed by atoms with E-state index in [4.69, 9.17) is 0 Å². The summed E-state index contributed by atoms with van der Waals surface area (Å²) in [5.74, 6) is 0.127. The van der Waals surface area contributed by atoms with Crippen LogP contribution in [0.25, 0.3) is 0 Å². The van der Waals surface area contributed by atoms with Crippen molar-refractivity contribution in [3.63, 3.8) is 0 Å². The summed E-state index contributed by atoms with van der Waals surface area (Å²) in [4.78, 5) is 27.3. The van der Waals surface area contributed by atoms with E-state index in [9.17, 15) is 9.59 Å². The molecular formula is C15H21N3O2S. The SMILES string of the molecule is O=C(NCCc1cccs1)N1CCC2(CCCNC2=O)C1. The Kier molecular flexibility index (Phi) is 4.14. The van der Waals surface area contributed by atoms with Crippen molar-refractivity contribution in [3.05, 3.63) is 22.4 Å². The fraction of sp³-hybridized carbons (Fsp3) is 0.600. The third kappa shape index (κ3) is 3.05. The van der Waals surface area contributed by atoms with Crippen LogP contribution in [0.2, 0.25) is 0 Å². The molecule has 1 atom stereocenters. The minimum atomic E-state index is -0.330. The topological polar surface area (TPSA) is 61.4 Å². The van der Waals surface area contributed by atoms with Gasteiger partial charge in [0.05, 0.1) is 5.41 Å². The minimum absolute atomic E-state index is 0.0400. The number of piperidine rings is 1. The molecule has 2 fully saturated rings. The monoisotopic (exact) mass is 307 g/mol. The summed E-state index contributed by atoms with van der Waals surface area (Å²) < 4.78 is 0. The van der Waals surface area contributed by atoms with Crippen LogP contribution in [0.1, 0.15) is 24.1 Å². The van der Waals surface area contributed by atoms with Crippen molar-refractivity contribution in [1.82, 2.24) is 15.5 Å². The zero-order valence-electron chi connectivity index (χ0n) is 12.1. The first-order chi connectivity index (χ1) is 10.2. The van der Waals surface area contributed by atoms with Crippen LogP contribution in [0, 0.1) is 5.41 Å². The van der Waals surface area contributed by atoms with Gasteiger partial charge in [-0.15, -0.1) is 11.3 Å². The van der Waals surface area contributed by atoms with Crippen molar-refractivity contribution < 1.29 is 9.59 Å². The van der Waals surface area contributed by atoms with Crippen LogP contribution in [-0.2, 0) is 11.2 Å². The van der Waals surface area contributed by atoms with E-state index in [2.05, 4.69) is 16.7 Å². The van der Waals surface area contributed by atoms with Crippen molar-refractivity contribution in [2.75, 3.05) is 26.2 Å². The van der Waals surface area contributed by atoms with Crippen molar-refractivity contribution in [1.29, 1.82) is 0 Å². The number of thiophene rings is 1. The molecule has 1 unspecified atom stereocenters. The summed E-state index contributed by atoms with van der Waals surface area (Å²) in [7, 11) is 0. The number of carbonyl (C=O) groups excluding carboxylic acids is 2. The summed E-state index contributed by atoms with van der Waals surface area (Å²) in [5.41, 5.74) is -0.330. The molecule has 2 aliphatic heterocycles. The Labute approximate surface area is 128 Å². The summed E-state index contributed by atoms with van der Waals surface area (Å²) >= 11 is 1.71. The number of likely N-dealkylation sites (tertiary alicyclic amines) is 1. The fourth-order valence-corrected chi connectivity index (χ4v) is 3.93. The molecule has 21 heavy (non-hydrogen) atoms. The minimum Gasteiger partial charge on any atom is -0.356 e. The molecule has 0 aliphatic carbocycles. The Morgan fingerprint density at radius 2 is 2.38 bits per heavy atom. The maximum atomic E-state index is 12.2. The van der Waals surface area contributed by atoms with Crippen LogP contribution in [0.5, 0.6) is 0 Å². The van der Waals surface area contributed by atoms with Crippen LogP contribution in [-0.4, -0.2) is 43.0 Å². The van der Waals surface area contributed by atoms with Gasteiger partial charge < -0.3 is 15.5 Å². The molecule has 0 bridgehead atoms. The van der Waals surface area contributed by atoms with Gasteiger partial charge in [-0.25, -0.2) is 4.79 Å². The molecule has 6 heteroatoms. The number of carbonyl (C=O) groups is 2. The number of nitrogens with zero attached hydrogens (tertiary/aromatic N) is 1. The Bertz CT molecular complexity index is 517. The molecule has 2 saturated heterocycles. The number of amides is 3. The Balaban J connectivity index is 1.49. The Morgan fingerprint density at radius 3 is 3.14 bits per heavy atom.